The molecule has 2 atom stereocenters. The maximum atomic E-state index is 11.7. The molecule has 1 aromatic rings. The van der Waals surface area contributed by atoms with Crippen molar-refractivity contribution in [2.45, 2.75) is 39.3 Å². The summed E-state index contributed by atoms with van der Waals surface area (Å²) in [4.78, 5) is 15.7. The van der Waals surface area contributed by atoms with Crippen LogP contribution in [-0.4, -0.2) is 23.5 Å². The first-order valence-corrected chi connectivity index (χ1v) is 6.06. The molecule has 0 aromatic carbocycles. The lowest BCUT2D eigenvalue weighted by atomic mass is 10.1. The van der Waals surface area contributed by atoms with E-state index in [0.717, 1.165) is 12.1 Å². The van der Waals surface area contributed by atoms with Gasteiger partial charge in [0.25, 0.3) is 0 Å². The number of pyridine rings is 1. The summed E-state index contributed by atoms with van der Waals surface area (Å²) in [6.45, 7) is 6.91. The molecule has 4 heteroatoms. The number of aromatic nitrogens is 1. The van der Waals surface area contributed by atoms with Crippen LogP contribution >= 0.6 is 0 Å². The fourth-order valence-electron chi connectivity index (χ4n) is 1.73. The van der Waals surface area contributed by atoms with E-state index in [0.29, 0.717) is 6.42 Å². The highest BCUT2D eigenvalue weighted by Gasteiger charge is 2.11. The van der Waals surface area contributed by atoms with E-state index < -0.39 is 0 Å². The molecular weight excluding hydrogens is 214 g/mol. The molecule has 0 bridgehead atoms. The van der Waals surface area contributed by atoms with Crippen LogP contribution in [0.2, 0.25) is 0 Å². The van der Waals surface area contributed by atoms with Crippen LogP contribution in [0.4, 0.5) is 0 Å². The van der Waals surface area contributed by atoms with Gasteiger partial charge in [-0.1, -0.05) is 6.92 Å². The predicted molar refractivity (Wildman–Crippen MR) is 68.6 cm³/mol. The highest BCUT2D eigenvalue weighted by molar-refractivity contribution is 5.77. The van der Waals surface area contributed by atoms with Crippen molar-refractivity contribution in [2.75, 3.05) is 6.54 Å². The highest BCUT2D eigenvalue weighted by atomic mass is 16.1. The first kappa shape index (κ1) is 13.6. The average Bonchev–Trinajstić information content (AvgIpc) is 2.30. The van der Waals surface area contributed by atoms with Crippen LogP contribution < -0.4 is 10.6 Å². The van der Waals surface area contributed by atoms with E-state index in [-0.39, 0.29) is 18.0 Å². The lowest BCUT2D eigenvalue weighted by Gasteiger charge is -2.16. The Morgan fingerprint density at radius 2 is 2.00 bits per heavy atom. The van der Waals surface area contributed by atoms with E-state index in [9.17, 15) is 4.79 Å². The van der Waals surface area contributed by atoms with Gasteiger partial charge in [-0.25, -0.2) is 0 Å². The molecule has 0 spiro atoms. The zero-order chi connectivity index (χ0) is 12.7. The summed E-state index contributed by atoms with van der Waals surface area (Å²) in [6, 6.07) is 4.07. The third kappa shape index (κ3) is 4.95. The van der Waals surface area contributed by atoms with Gasteiger partial charge >= 0.3 is 0 Å². The van der Waals surface area contributed by atoms with Gasteiger partial charge in [-0.3, -0.25) is 9.78 Å². The quantitative estimate of drug-likeness (QED) is 0.788. The number of hydrogen-bond donors (Lipinski definition) is 2. The SMILES string of the molecule is CCNC(C)CC(=O)N[C@@H](C)c1ccncc1. The molecule has 0 aliphatic rings. The van der Waals surface area contributed by atoms with Crippen LogP contribution in [0.3, 0.4) is 0 Å². The maximum absolute atomic E-state index is 11.7. The molecule has 1 heterocycles. The van der Waals surface area contributed by atoms with Crippen LogP contribution in [-0.2, 0) is 4.79 Å². The first-order valence-electron chi connectivity index (χ1n) is 6.06. The molecule has 94 valence electrons. The van der Waals surface area contributed by atoms with Crippen LogP contribution in [0.25, 0.3) is 0 Å². The molecule has 0 radical (unpaired) electrons. The molecule has 0 fully saturated rings. The smallest absolute Gasteiger partial charge is 0.222 e. The van der Waals surface area contributed by atoms with Gasteiger partial charge in [-0.2, -0.15) is 0 Å². The fraction of sp³-hybridized carbons (Fsp3) is 0.538. The molecule has 2 N–H and O–H groups in total. The van der Waals surface area contributed by atoms with E-state index in [1.54, 1.807) is 12.4 Å². The van der Waals surface area contributed by atoms with E-state index in [2.05, 4.69) is 15.6 Å². The second-order valence-electron chi connectivity index (χ2n) is 4.23. The van der Waals surface area contributed by atoms with Crippen LogP contribution in [0.15, 0.2) is 24.5 Å². The topological polar surface area (TPSA) is 54.0 Å². The van der Waals surface area contributed by atoms with Gasteiger partial charge in [0.15, 0.2) is 0 Å². The zero-order valence-electron chi connectivity index (χ0n) is 10.7. The Labute approximate surface area is 103 Å². The number of hydrogen-bond acceptors (Lipinski definition) is 3. The Morgan fingerprint density at radius 3 is 2.59 bits per heavy atom. The lowest BCUT2D eigenvalue weighted by Crippen LogP contribution is -2.34. The minimum atomic E-state index is 0.0272. The summed E-state index contributed by atoms with van der Waals surface area (Å²) in [5, 5.41) is 6.20. The molecule has 4 nitrogen and oxygen atoms in total. The minimum absolute atomic E-state index is 0.0272. The van der Waals surface area contributed by atoms with Gasteiger partial charge in [0.2, 0.25) is 5.91 Å². The van der Waals surface area contributed by atoms with E-state index >= 15 is 0 Å². The summed E-state index contributed by atoms with van der Waals surface area (Å²) in [7, 11) is 0. The number of carbonyl (C=O) groups is 1. The number of rotatable bonds is 6. The molecule has 1 unspecified atom stereocenters. The van der Waals surface area contributed by atoms with Crippen molar-refractivity contribution < 1.29 is 4.79 Å². The lowest BCUT2D eigenvalue weighted by molar-refractivity contribution is -0.122. The van der Waals surface area contributed by atoms with Crippen LogP contribution in [0, 0.1) is 0 Å². The molecule has 0 saturated carbocycles. The van der Waals surface area contributed by atoms with Gasteiger partial charge in [-0.05, 0) is 38.1 Å². The molecule has 0 saturated heterocycles. The Kier molecular flexibility index (Phi) is 5.63. The number of carbonyl (C=O) groups excluding carboxylic acids is 1. The number of nitrogens with zero attached hydrogens (tertiary/aromatic N) is 1. The Balaban J connectivity index is 2.41. The summed E-state index contributed by atoms with van der Waals surface area (Å²) in [5.74, 6) is 0.0720. The van der Waals surface area contributed by atoms with E-state index in [4.69, 9.17) is 0 Å². The monoisotopic (exact) mass is 235 g/mol. The van der Waals surface area contributed by atoms with Crippen molar-refractivity contribution in [3.05, 3.63) is 30.1 Å². The second-order valence-corrected chi connectivity index (χ2v) is 4.23. The largest absolute Gasteiger partial charge is 0.350 e. The van der Waals surface area contributed by atoms with Crippen molar-refractivity contribution in [1.82, 2.24) is 15.6 Å². The normalized spacial score (nSPS) is 14.1. The van der Waals surface area contributed by atoms with Crippen LogP contribution in [0.5, 0.6) is 0 Å². The predicted octanol–water partition coefficient (Wildman–Crippen LogP) is 1.65. The van der Waals surface area contributed by atoms with Crippen molar-refractivity contribution in [2.24, 2.45) is 0 Å². The zero-order valence-corrected chi connectivity index (χ0v) is 10.7. The van der Waals surface area contributed by atoms with Crippen molar-refractivity contribution in [3.63, 3.8) is 0 Å². The Bertz CT molecular complexity index is 340. The van der Waals surface area contributed by atoms with E-state index in [1.807, 2.05) is 32.9 Å². The van der Waals surface area contributed by atoms with Gasteiger partial charge in [0, 0.05) is 24.9 Å². The second kappa shape index (κ2) is 7.01. The first-order chi connectivity index (χ1) is 8.13. The molecular formula is C13H21N3O. The third-order valence-electron chi connectivity index (χ3n) is 2.63. The maximum Gasteiger partial charge on any atom is 0.222 e. The van der Waals surface area contributed by atoms with Gasteiger partial charge in [0.1, 0.15) is 0 Å². The van der Waals surface area contributed by atoms with Gasteiger partial charge in [-0.15, -0.1) is 0 Å². The summed E-state index contributed by atoms with van der Waals surface area (Å²) in [5.41, 5.74) is 1.07. The minimum Gasteiger partial charge on any atom is -0.350 e. The Morgan fingerprint density at radius 1 is 1.35 bits per heavy atom. The van der Waals surface area contributed by atoms with Gasteiger partial charge < -0.3 is 10.6 Å². The summed E-state index contributed by atoms with van der Waals surface area (Å²) in [6.07, 6.45) is 3.97. The van der Waals surface area contributed by atoms with Crippen LogP contribution in [0.1, 0.15) is 38.8 Å². The molecule has 1 aromatic heterocycles. The average molecular weight is 235 g/mol. The molecule has 0 aliphatic carbocycles. The highest BCUT2D eigenvalue weighted by Crippen LogP contribution is 2.10. The molecule has 1 rings (SSSR count). The molecule has 17 heavy (non-hydrogen) atoms. The number of nitrogens with one attached hydrogen (secondary N) is 2. The molecule has 0 aliphatic heterocycles. The fourth-order valence-corrected chi connectivity index (χ4v) is 1.73. The third-order valence-corrected chi connectivity index (χ3v) is 2.63. The van der Waals surface area contributed by atoms with Crippen molar-refractivity contribution in [3.8, 4) is 0 Å². The number of amides is 1. The standard InChI is InChI=1S/C13H21N3O/c1-4-15-10(2)9-13(17)16-11(3)12-5-7-14-8-6-12/h5-8,10-11,15H,4,9H2,1-3H3,(H,16,17)/t10?,11-/m0/s1. The summed E-state index contributed by atoms with van der Waals surface area (Å²) >= 11 is 0. The van der Waals surface area contributed by atoms with Crippen molar-refractivity contribution >= 4 is 5.91 Å². The Hall–Kier alpha value is -1.42. The van der Waals surface area contributed by atoms with Gasteiger partial charge in [0.05, 0.1) is 6.04 Å². The van der Waals surface area contributed by atoms with E-state index in [1.165, 1.54) is 0 Å². The molecule has 1 amide bonds. The van der Waals surface area contributed by atoms with Crippen molar-refractivity contribution in [1.29, 1.82) is 0 Å². The summed E-state index contributed by atoms with van der Waals surface area (Å²) < 4.78 is 0.